The zero-order chi connectivity index (χ0) is 9.80. The van der Waals surface area contributed by atoms with Gasteiger partial charge in [-0.05, 0) is 25.5 Å². The molecule has 1 aromatic heterocycles. The van der Waals surface area contributed by atoms with Crippen LogP contribution >= 0.6 is 0 Å². The Bertz CT molecular complexity index is 311. The lowest BCUT2D eigenvalue weighted by Crippen LogP contribution is -2.28. The van der Waals surface area contributed by atoms with Crippen molar-refractivity contribution in [1.29, 1.82) is 0 Å². The second-order valence-electron chi connectivity index (χ2n) is 3.34. The minimum Gasteiger partial charge on any atom is -0.313 e. The van der Waals surface area contributed by atoms with E-state index in [1.807, 2.05) is 0 Å². The maximum absolute atomic E-state index is 11.7. The molecule has 2 rings (SSSR count). The number of aromatic nitrogens is 2. The summed E-state index contributed by atoms with van der Waals surface area (Å²) in [7, 11) is -1.06. The smallest absolute Gasteiger partial charge is 0.218 e. The van der Waals surface area contributed by atoms with Crippen molar-refractivity contribution in [3.05, 3.63) is 18.5 Å². The third kappa shape index (κ3) is 2.36. The fraction of sp³-hybridized carbons (Fsp3) is 0.556. The number of nitrogens with zero attached hydrogens (tertiary/aromatic N) is 2. The zero-order valence-electron chi connectivity index (χ0n) is 7.85. The highest BCUT2D eigenvalue weighted by atomic mass is 32.2. The van der Waals surface area contributed by atoms with Crippen LogP contribution in [0.2, 0.25) is 0 Å². The Hall–Kier alpha value is -0.810. The standard InChI is InChI=1S/C9H13N3OS/c13-14(7-8-3-1-4-10-8)9-11-5-2-6-12-9/h2,5-6,8,10H,1,3-4,7H2/t8-,14-/m0/s1. The molecule has 0 bridgehead atoms. The first-order valence-corrected chi connectivity index (χ1v) is 6.07. The van der Waals surface area contributed by atoms with E-state index in [9.17, 15) is 4.21 Å². The van der Waals surface area contributed by atoms with Crippen LogP contribution in [0.15, 0.2) is 23.6 Å². The zero-order valence-corrected chi connectivity index (χ0v) is 8.67. The normalized spacial score (nSPS) is 23.6. The lowest BCUT2D eigenvalue weighted by atomic mass is 10.3. The topological polar surface area (TPSA) is 54.9 Å². The van der Waals surface area contributed by atoms with Gasteiger partial charge in [-0.1, -0.05) is 0 Å². The molecule has 1 saturated heterocycles. The van der Waals surface area contributed by atoms with Crippen LogP contribution in [0.5, 0.6) is 0 Å². The van der Waals surface area contributed by atoms with Crippen LogP contribution in [0.3, 0.4) is 0 Å². The van der Waals surface area contributed by atoms with E-state index in [-0.39, 0.29) is 0 Å². The molecule has 0 spiro atoms. The van der Waals surface area contributed by atoms with Gasteiger partial charge in [0.15, 0.2) is 0 Å². The third-order valence-corrected chi connectivity index (χ3v) is 3.58. The lowest BCUT2D eigenvalue weighted by Gasteiger charge is -2.07. The molecule has 1 N–H and O–H groups in total. The van der Waals surface area contributed by atoms with Gasteiger partial charge in [0.1, 0.15) is 0 Å². The molecule has 1 aliphatic rings. The summed E-state index contributed by atoms with van der Waals surface area (Å²) in [5.74, 6) is 0.629. The first-order chi connectivity index (χ1) is 6.86. The van der Waals surface area contributed by atoms with Gasteiger partial charge in [0.2, 0.25) is 5.16 Å². The summed E-state index contributed by atoms with van der Waals surface area (Å²) in [6, 6.07) is 2.11. The highest BCUT2D eigenvalue weighted by molar-refractivity contribution is 7.84. The average Bonchev–Trinajstić information content (AvgIpc) is 2.72. The minimum absolute atomic E-state index is 0.375. The Balaban J connectivity index is 1.95. The van der Waals surface area contributed by atoms with Crippen LogP contribution in [0, 0.1) is 0 Å². The molecule has 0 aliphatic carbocycles. The van der Waals surface area contributed by atoms with E-state index in [1.54, 1.807) is 18.5 Å². The largest absolute Gasteiger partial charge is 0.313 e. The van der Waals surface area contributed by atoms with Crippen molar-refractivity contribution in [2.24, 2.45) is 0 Å². The second kappa shape index (κ2) is 4.61. The first kappa shape index (κ1) is 9.73. The van der Waals surface area contributed by atoms with Crippen molar-refractivity contribution >= 4 is 10.8 Å². The molecule has 14 heavy (non-hydrogen) atoms. The van der Waals surface area contributed by atoms with Gasteiger partial charge in [-0.25, -0.2) is 9.97 Å². The van der Waals surface area contributed by atoms with Gasteiger partial charge in [0.25, 0.3) is 0 Å². The van der Waals surface area contributed by atoms with Gasteiger partial charge in [-0.3, -0.25) is 4.21 Å². The van der Waals surface area contributed by atoms with Crippen LogP contribution in [-0.2, 0) is 10.8 Å². The molecule has 0 saturated carbocycles. The monoisotopic (exact) mass is 211 g/mol. The molecule has 2 heterocycles. The second-order valence-corrected chi connectivity index (χ2v) is 4.73. The van der Waals surface area contributed by atoms with Crippen molar-refractivity contribution in [2.45, 2.75) is 24.0 Å². The van der Waals surface area contributed by atoms with Gasteiger partial charge in [0, 0.05) is 24.2 Å². The molecule has 1 aromatic rings. The molecular formula is C9H13N3OS. The number of rotatable bonds is 3. The van der Waals surface area contributed by atoms with Crippen LogP contribution in [0.1, 0.15) is 12.8 Å². The van der Waals surface area contributed by atoms with Crippen molar-refractivity contribution in [3.8, 4) is 0 Å². The molecule has 0 unspecified atom stereocenters. The Morgan fingerprint density at radius 2 is 2.29 bits per heavy atom. The number of nitrogens with one attached hydrogen (secondary N) is 1. The van der Waals surface area contributed by atoms with Gasteiger partial charge in [-0.15, -0.1) is 0 Å². The van der Waals surface area contributed by atoms with Crippen LogP contribution in [0.25, 0.3) is 0 Å². The highest BCUT2D eigenvalue weighted by Gasteiger charge is 2.18. The Morgan fingerprint density at radius 1 is 1.50 bits per heavy atom. The van der Waals surface area contributed by atoms with Gasteiger partial charge in [0.05, 0.1) is 10.8 Å². The van der Waals surface area contributed by atoms with Crippen LogP contribution in [0.4, 0.5) is 0 Å². The molecule has 0 amide bonds. The molecule has 0 radical (unpaired) electrons. The predicted octanol–water partition coefficient (Wildman–Crippen LogP) is 0.336. The van der Waals surface area contributed by atoms with E-state index in [2.05, 4.69) is 15.3 Å². The van der Waals surface area contributed by atoms with Crippen molar-refractivity contribution in [3.63, 3.8) is 0 Å². The summed E-state index contributed by atoms with van der Waals surface area (Å²) in [5, 5.41) is 3.75. The molecule has 4 nitrogen and oxygen atoms in total. The number of hydrogen-bond acceptors (Lipinski definition) is 4. The van der Waals surface area contributed by atoms with Gasteiger partial charge >= 0.3 is 0 Å². The molecule has 2 atom stereocenters. The van der Waals surface area contributed by atoms with E-state index >= 15 is 0 Å². The third-order valence-electron chi connectivity index (χ3n) is 2.26. The highest BCUT2D eigenvalue weighted by Crippen LogP contribution is 2.08. The van der Waals surface area contributed by atoms with Gasteiger partial charge < -0.3 is 5.32 Å². The molecule has 76 valence electrons. The fourth-order valence-electron chi connectivity index (χ4n) is 1.56. The van der Waals surface area contributed by atoms with Crippen LogP contribution in [-0.4, -0.2) is 32.5 Å². The summed E-state index contributed by atoms with van der Waals surface area (Å²) in [6.45, 7) is 1.04. The van der Waals surface area contributed by atoms with Crippen molar-refractivity contribution in [1.82, 2.24) is 15.3 Å². The van der Waals surface area contributed by atoms with E-state index in [4.69, 9.17) is 0 Å². The molecule has 1 fully saturated rings. The van der Waals surface area contributed by atoms with E-state index in [1.165, 1.54) is 6.42 Å². The van der Waals surface area contributed by atoms with Crippen molar-refractivity contribution < 1.29 is 4.21 Å². The van der Waals surface area contributed by atoms with E-state index in [0.29, 0.717) is 17.0 Å². The molecule has 0 aromatic carbocycles. The lowest BCUT2D eigenvalue weighted by molar-refractivity contribution is 0.638. The average molecular weight is 211 g/mol. The number of hydrogen-bond donors (Lipinski definition) is 1. The van der Waals surface area contributed by atoms with E-state index in [0.717, 1.165) is 13.0 Å². The maximum Gasteiger partial charge on any atom is 0.218 e. The van der Waals surface area contributed by atoms with Crippen molar-refractivity contribution in [2.75, 3.05) is 12.3 Å². The summed E-state index contributed by atoms with van der Waals surface area (Å²) in [5.41, 5.74) is 0. The first-order valence-electron chi connectivity index (χ1n) is 4.75. The minimum atomic E-state index is -1.06. The summed E-state index contributed by atoms with van der Waals surface area (Å²) in [6.07, 6.45) is 5.54. The fourth-order valence-corrected chi connectivity index (χ4v) is 2.72. The van der Waals surface area contributed by atoms with E-state index < -0.39 is 10.8 Å². The maximum atomic E-state index is 11.7. The summed E-state index contributed by atoms with van der Waals surface area (Å²) >= 11 is 0. The predicted molar refractivity (Wildman–Crippen MR) is 54.3 cm³/mol. The Morgan fingerprint density at radius 3 is 2.93 bits per heavy atom. The Labute approximate surface area is 85.6 Å². The SMILES string of the molecule is O=[S@@](C[C@@H]1CCCN1)c1ncccn1. The Kier molecular flexibility index (Phi) is 3.21. The summed E-state index contributed by atoms with van der Waals surface area (Å²) < 4.78 is 11.7. The van der Waals surface area contributed by atoms with Crippen LogP contribution < -0.4 is 5.32 Å². The summed E-state index contributed by atoms with van der Waals surface area (Å²) in [4.78, 5) is 7.96. The van der Waals surface area contributed by atoms with Gasteiger partial charge in [-0.2, -0.15) is 0 Å². The molecular weight excluding hydrogens is 198 g/mol. The quantitative estimate of drug-likeness (QED) is 0.732. The molecule has 1 aliphatic heterocycles. The molecule has 5 heteroatoms.